The van der Waals surface area contributed by atoms with Gasteiger partial charge in [-0.2, -0.15) is 0 Å². The molecule has 17 nitrogen and oxygen atoms in total. The first-order chi connectivity index (χ1) is 24.2. The molecule has 0 aliphatic rings. The highest BCUT2D eigenvalue weighted by atomic mass is 16.6. The van der Waals surface area contributed by atoms with Gasteiger partial charge >= 0.3 is 11.9 Å². The lowest BCUT2D eigenvalue weighted by Gasteiger charge is -2.09. The molecule has 0 aromatic rings. The van der Waals surface area contributed by atoms with Crippen LogP contribution in [0.2, 0.25) is 0 Å². The van der Waals surface area contributed by atoms with Crippen molar-refractivity contribution < 1.29 is 81.0 Å². The van der Waals surface area contributed by atoms with Gasteiger partial charge in [0.25, 0.3) is 0 Å². The Bertz CT molecular complexity index is 674. The number of esters is 1. The number of rotatable bonds is 43. The van der Waals surface area contributed by atoms with Gasteiger partial charge in [-0.25, -0.2) is 0 Å². The average Bonchev–Trinajstić information content (AvgIpc) is 3.09. The summed E-state index contributed by atoms with van der Waals surface area (Å²) < 4.78 is 74.9. The van der Waals surface area contributed by atoms with Gasteiger partial charge in [0, 0.05) is 0 Å². The van der Waals surface area contributed by atoms with E-state index in [4.69, 9.17) is 71.4 Å². The lowest BCUT2D eigenvalue weighted by Crippen LogP contribution is -2.15. The predicted octanol–water partition coefficient (Wildman–Crippen LogP) is 0.630. The molecule has 0 atom stereocenters. The van der Waals surface area contributed by atoms with Gasteiger partial charge in [0.15, 0.2) is 0 Å². The first-order valence-corrected chi connectivity index (χ1v) is 17.0. The molecule has 0 spiro atoms. The number of carboxylic acid groups (broad SMARTS) is 1. The van der Waals surface area contributed by atoms with Crippen molar-refractivity contribution in [3.8, 4) is 0 Å². The molecule has 0 aliphatic carbocycles. The van der Waals surface area contributed by atoms with Gasteiger partial charge in [0.1, 0.15) is 0 Å². The van der Waals surface area contributed by atoms with Crippen LogP contribution >= 0.6 is 0 Å². The van der Waals surface area contributed by atoms with Gasteiger partial charge in [0.2, 0.25) is 0 Å². The second kappa shape index (κ2) is 42.6. The third-order valence-electron chi connectivity index (χ3n) is 5.68. The van der Waals surface area contributed by atoms with Crippen LogP contribution in [-0.4, -0.2) is 195 Å². The molecule has 0 heterocycles. The highest BCUT2D eigenvalue weighted by Gasteiger charge is 2.01. The van der Waals surface area contributed by atoms with Crippen molar-refractivity contribution in [3.05, 3.63) is 0 Å². The molecule has 0 amide bonds. The molecule has 0 fully saturated rings. The van der Waals surface area contributed by atoms with E-state index in [1.54, 1.807) is 6.92 Å². The smallest absolute Gasteiger partial charge is 0.308 e. The van der Waals surface area contributed by atoms with E-state index in [0.29, 0.717) is 172 Å². The Labute approximate surface area is 291 Å². The zero-order valence-corrected chi connectivity index (χ0v) is 29.5. The Morgan fingerprint density at radius 1 is 0.327 bits per heavy atom. The summed E-state index contributed by atoms with van der Waals surface area (Å²) in [6.07, 6.45) is 0.244. The minimum atomic E-state index is -0.878. The minimum absolute atomic E-state index is 0.00626. The van der Waals surface area contributed by atoms with Crippen molar-refractivity contribution in [2.75, 3.05) is 178 Å². The van der Waals surface area contributed by atoms with Crippen molar-refractivity contribution in [3.63, 3.8) is 0 Å². The number of carboxylic acids is 1. The molecule has 1 N–H and O–H groups in total. The Kier molecular flexibility index (Phi) is 41.2. The summed E-state index contributed by atoms with van der Waals surface area (Å²) in [5.41, 5.74) is 0. The maximum Gasteiger partial charge on any atom is 0.308 e. The molecular weight excluding hydrogens is 656 g/mol. The van der Waals surface area contributed by atoms with E-state index in [9.17, 15) is 9.59 Å². The Morgan fingerprint density at radius 2 is 0.510 bits per heavy atom. The van der Waals surface area contributed by atoms with Crippen LogP contribution in [0.3, 0.4) is 0 Å². The number of carbonyl (C=O) groups excluding carboxylic acids is 1. The van der Waals surface area contributed by atoms with Crippen molar-refractivity contribution in [2.45, 2.75) is 19.8 Å². The second-order valence-electron chi connectivity index (χ2n) is 9.66. The molecule has 49 heavy (non-hydrogen) atoms. The van der Waals surface area contributed by atoms with Gasteiger partial charge < -0.3 is 71.4 Å². The molecule has 0 aromatic heterocycles. The first kappa shape index (κ1) is 47.4. The van der Waals surface area contributed by atoms with Crippen molar-refractivity contribution in [1.82, 2.24) is 0 Å². The number of ether oxygens (including phenoxy) is 14. The van der Waals surface area contributed by atoms with Crippen LogP contribution in [0.25, 0.3) is 0 Å². The fourth-order valence-electron chi connectivity index (χ4n) is 3.29. The predicted molar refractivity (Wildman–Crippen MR) is 174 cm³/mol. The van der Waals surface area contributed by atoms with Crippen LogP contribution in [0.1, 0.15) is 19.8 Å². The van der Waals surface area contributed by atoms with E-state index in [1.165, 1.54) is 0 Å². The van der Waals surface area contributed by atoms with Crippen LogP contribution in [0, 0.1) is 0 Å². The maximum absolute atomic E-state index is 11.1. The number of hydrogen-bond donors (Lipinski definition) is 1. The molecule has 0 saturated carbocycles. The topological polar surface area (TPSA) is 184 Å². The molecule has 0 aliphatic heterocycles. The van der Waals surface area contributed by atoms with Crippen molar-refractivity contribution >= 4 is 11.9 Å². The summed E-state index contributed by atoms with van der Waals surface area (Å²) in [7, 11) is 0. The van der Waals surface area contributed by atoms with Crippen molar-refractivity contribution in [2.24, 2.45) is 0 Å². The molecule has 0 rings (SSSR count). The highest BCUT2D eigenvalue weighted by Crippen LogP contribution is 1.90. The SMILES string of the molecule is CCOC(=O)CCOCCOCCOCCOCCOCCOCCOCCOCCOCCOCCOCCOCCOCCC(=O)O. The normalized spacial score (nSPS) is 11.4. The summed E-state index contributed by atoms with van der Waals surface area (Å²) in [6, 6.07) is 0. The molecule has 292 valence electrons. The van der Waals surface area contributed by atoms with Crippen LogP contribution in [0.4, 0.5) is 0 Å². The first-order valence-electron chi connectivity index (χ1n) is 17.0. The summed E-state index contributed by atoms with van der Waals surface area (Å²) in [6.45, 7) is 13.8. The summed E-state index contributed by atoms with van der Waals surface area (Å²) in [5.74, 6) is -1.13. The maximum atomic E-state index is 11.1. The summed E-state index contributed by atoms with van der Waals surface area (Å²) >= 11 is 0. The largest absolute Gasteiger partial charge is 0.481 e. The van der Waals surface area contributed by atoms with Gasteiger partial charge in [-0.05, 0) is 6.92 Å². The van der Waals surface area contributed by atoms with E-state index in [-0.39, 0.29) is 25.4 Å². The van der Waals surface area contributed by atoms with E-state index >= 15 is 0 Å². The van der Waals surface area contributed by atoms with E-state index in [2.05, 4.69) is 0 Å². The van der Waals surface area contributed by atoms with E-state index in [1.807, 2.05) is 0 Å². The standard InChI is InChI=1S/C32H62O17/c1-2-49-32(35)4-6-37-8-10-39-12-14-41-16-18-43-20-22-45-24-26-47-28-30-48-29-27-46-25-23-44-21-19-42-17-15-40-13-11-38-9-7-36-5-3-31(33)34/h2-30H2,1H3,(H,33,34). The monoisotopic (exact) mass is 718 g/mol. The third kappa shape index (κ3) is 44.4. The van der Waals surface area contributed by atoms with E-state index in [0.717, 1.165) is 0 Å². The van der Waals surface area contributed by atoms with Crippen LogP contribution in [0.15, 0.2) is 0 Å². The number of carbonyl (C=O) groups is 2. The second-order valence-corrected chi connectivity index (χ2v) is 9.66. The molecule has 0 bridgehead atoms. The zero-order chi connectivity index (χ0) is 35.6. The molecule has 0 saturated heterocycles. The Balaban J connectivity index is 3.07. The average molecular weight is 719 g/mol. The summed E-state index contributed by atoms with van der Waals surface area (Å²) in [4.78, 5) is 21.5. The molecule has 0 aromatic carbocycles. The molecule has 0 unspecified atom stereocenters. The van der Waals surface area contributed by atoms with Gasteiger partial charge in [-0.15, -0.1) is 0 Å². The van der Waals surface area contributed by atoms with Crippen LogP contribution in [0.5, 0.6) is 0 Å². The van der Waals surface area contributed by atoms with Gasteiger partial charge in [-0.3, -0.25) is 9.59 Å². The van der Waals surface area contributed by atoms with Gasteiger partial charge in [-0.1, -0.05) is 0 Å². The van der Waals surface area contributed by atoms with Gasteiger partial charge in [0.05, 0.1) is 191 Å². The molecular formula is C32H62O17. The zero-order valence-electron chi connectivity index (χ0n) is 29.5. The van der Waals surface area contributed by atoms with E-state index < -0.39 is 5.97 Å². The van der Waals surface area contributed by atoms with Crippen LogP contribution < -0.4 is 0 Å². The van der Waals surface area contributed by atoms with Crippen molar-refractivity contribution in [1.29, 1.82) is 0 Å². The number of hydrogen-bond acceptors (Lipinski definition) is 16. The minimum Gasteiger partial charge on any atom is -0.481 e. The fraction of sp³-hybridized carbons (Fsp3) is 0.938. The highest BCUT2D eigenvalue weighted by molar-refractivity contribution is 5.69. The molecule has 17 heteroatoms. The Hall–Kier alpha value is -1.58. The lowest BCUT2D eigenvalue weighted by molar-refractivity contribution is -0.144. The summed E-state index contributed by atoms with van der Waals surface area (Å²) in [5, 5.41) is 8.49. The fourth-order valence-corrected chi connectivity index (χ4v) is 3.29. The Morgan fingerprint density at radius 3 is 0.694 bits per heavy atom. The number of aliphatic carboxylic acids is 1. The quantitative estimate of drug-likeness (QED) is 0.0684. The lowest BCUT2D eigenvalue weighted by atomic mass is 10.5. The van der Waals surface area contributed by atoms with Crippen LogP contribution in [-0.2, 0) is 75.9 Å². The molecule has 0 radical (unpaired) electrons. The third-order valence-corrected chi connectivity index (χ3v) is 5.68.